The first kappa shape index (κ1) is 9.97. The zero-order chi connectivity index (χ0) is 9.97. The van der Waals surface area contributed by atoms with E-state index in [2.05, 4.69) is 12.2 Å². The van der Waals surface area contributed by atoms with E-state index < -0.39 is 0 Å². The van der Waals surface area contributed by atoms with E-state index in [1.54, 1.807) is 0 Å². The van der Waals surface area contributed by atoms with E-state index in [9.17, 15) is 4.79 Å². The molecule has 0 saturated carbocycles. The highest BCUT2D eigenvalue weighted by molar-refractivity contribution is 5.82. The van der Waals surface area contributed by atoms with Gasteiger partial charge in [-0.2, -0.15) is 0 Å². The fraction of sp³-hybridized carbons (Fsp3) is 0.909. The van der Waals surface area contributed by atoms with E-state index in [1.807, 2.05) is 4.90 Å². The minimum absolute atomic E-state index is 0.119. The molecule has 0 bridgehead atoms. The Morgan fingerprint density at radius 1 is 1.36 bits per heavy atom. The molecule has 2 aliphatic rings. The molecular weight excluding hydrogens is 176 g/mol. The Morgan fingerprint density at radius 2 is 2.21 bits per heavy atom. The van der Waals surface area contributed by atoms with E-state index in [0.717, 1.165) is 26.1 Å². The van der Waals surface area contributed by atoms with Crippen LogP contribution in [0.2, 0.25) is 0 Å². The first-order valence-corrected chi connectivity index (χ1v) is 5.79. The van der Waals surface area contributed by atoms with Gasteiger partial charge in [0.05, 0.1) is 6.04 Å². The molecule has 0 aromatic heterocycles. The Hall–Kier alpha value is -0.570. The Labute approximate surface area is 85.8 Å². The lowest BCUT2D eigenvalue weighted by Gasteiger charge is -2.27. The van der Waals surface area contributed by atoms with Crippen molar-refractivity contribution in [3.63, 3.8) is 0 Å². The van der Waals surface area contributed by atoms with Crippen molar-refractivity contribution in [1.82, 2.24) is 10.2 Å². The van der Waals surface area contributed by atoms with Crippen LogP contribution in [0.1, 0.15) is 32.6 Å². The molecule has 3 nitrogen and oxygen atoms in total. The number of amides is 1. The summed E-state index contributed by atoms with van der Waals surface area (Å²) in [7, 11) is 0. The number of hydrogen-bond acceptors (Lipinski definition) is 2. The largest absolute Gasteiger partial charge is 0.341 e. The monoisotopic (exact) mass is 196 g/mol. The van der Waals surface area contributed by atoms with Crippen LogP contribution in [0.5, 0.6) is 0 Å². The van der Waals surface area contributed by atoms with Crippen LogP contribution in [-0.2, 0) is 4.79 Å². The van der Waals surface area contributed by atoms with Crippen molar-refractivity contribution in [2.75, 3.05) is 19.6 Å². The maximum absolute atomic E-state index is 12.0. The van der Waals surface area contributed by atoms with E-state index >= 15 is 0 Å². The van der Waals surface area contributed by atoms with Gasteiger partial charge in [0.15, 0.2) is 0 Å². The van der Waals surface area contributed by atoms with Gasteiger partial charge in [-0.25, -0.2) is 0 Å². The van der Waals surface area contributed by atoms with Gasteiger partial charge < -0.3 is 10.2 Å². The van der Waals surface area contributed by atoms with E-state index in [-0.39, 0.29) is 6.04 Å². The third-order valence-corrected chi connectivity index (χ3v) is 3.34. The molecule has 2 atom stereocenters. The second kappa shape index (κ2) is 4.30. The number of nitrogens with one attached hydrogen (secondary N) is 1. The molecule has 2 rings (SSSR count). The molecule has 2 fully saturated rings. The van der Waals surface area contributed by atoms with Crippen LogP contribution in [0, 0.1) is 5.92 Å². The highest BCUT2D eigenvalue weighted by atomic mass is 16.2. The minimum Gasteiger partial charge on any atom is -0.341 e. The zero-order valence-corrected chi connectivity index (χ0v) is 8.96. The molecule has 2 unspecified atom stereocenters. The summed E-state index contributed by atoms with van der Waals surface area (Å²) in [5.41, 5.74) is 0. The smallest absolute Gasteiger partial charge is 0.239 e. The van der Waals surface area contributed by atoms with Gasteiger partial charge in [0, 0.05) is 13.1 Å². The molecule has 1 N–H and O–H groups in total. The van der Waals surface area contributed by atoms with Gasteiger partial charge in [-0.1, -0.05) is 13.3 Å². The molecule has 80 valence electrons. The van der Waals surface area contributed by atoms with Crippen LogP contribution >= 0.6 is 0 Å². The van der Waals surface area contributed by atoms with Crippen molar-refractivity contribution in [2.24, 2.45) is 5.92 Å². The second-order valence-corrected chi connectivity index (χ2v) is 4.68. The minimum atomic E-state index is 0.119. The lowest BCUT2D eigenvalue weighted by Crippen LogP contribution is -2.47. The summed E-state index contributed by atoms with van der Waals surface area (Å²) in [6.45, 7) is 5.18. The summed E-state index contributed by atoms with van der Waals surface area (Å²) in [6, 6.07) is 0.119. The maximum Gasteiger partial charge on any atom is 0.239 e. The summed E-state index contributed by atoms with van der Waals surface area (Å²) in [5, 5.41) is 3.32. The van der Waals surface area contributed by atoms with Gasteiger partial charge in [-0.05, 0) is 31.7 Å². The first-order valence-electron chi connectivity index (χ1n) is 5.79. The highest BCUT2D eigenvalue weighted by Gasteiger charge is 2.29. The lowest BCUT2D eigenvalue weighted by atomic mass is 10.0. The third kappa shape index (κ3) is 2.08. The molecule has 2 saturated heterocycles. The third-order valence-electron chi connectivity index (χ3n) is 3.34. The van der Waals surface area contributed by atoms with E-state index in [4.69, 9.17) is 0 Å². The molecule has 0 aromatic carbocycles. The summed E-state index contributed by atoms with van der Waals surface area (Å²) in [6.07, 6.45) is 4.63. The molecule has 1 amide bonds. The SMILES string of the molecule is CC1CCN(C(=O)C2CCCCN2)C1. The standard InChI is InChI=1S/C11H20N2O/c1-9-5-7-13(8-9)11(14)10-4-2-3-6-12-10/h9-10,12H,2-8H2,1H3. The van der Waals surface area contributed by atoms with Crippen molar-refractivity contribution in [3.05, 3.63) is 0 Å². The molecule has 14 heavy (non-hydrogen) atoms. The van der Waals surface area contributed by atoms with Crippen LogP contribution in [-0.4, -0.2) is 36.5 Å². The predicted molar refractivity (Wildman–Crippen MR) is 56.0 cm³/mol. The topological polar surface area (TPSA) is 32.3 Å². The molecule has 2 heterocycles. The Bertz CT molecular complexity index is 205. The predicted octanol–water partition coefficient (Wildman–Crippen LogP) is 0.997. The van der Waals surface area contributed by atoms with Gasteiger partial charge in [0.25, 0.3) is 0 Å². The lowest BCUT2D eigenvalue weighted by molar-refractivity contribution is -0.133. The summed E-state index contributed by atoms with van der Waals surface area (Å²) in [5.74, 6) is 1.04. The first-order chi connectivity index (χ1) is 6.77. The molecule has 0 radical (unpaired) electrons. The number of hydrogen-bond donors (Lipinski definition) is 1. The van der Waals surface area contributed by atoms with Crippen LogP contribution < -0.4 is 5.32 Å². The number of nitrogens with zero attached hydrogens (tertiary/aromatic N) is 1. The average molecular weight is 196 g/mol. The van der Waals surface area contributed by atoms with Crippen molar-refractivity contribution in [2.45, 2.75) is 38.6 Å². The molecule has 0 aromatic rings. The molecule has 3 heteroatoms. The van der Waals surface area contributed by atoms with Crippen LogP contribution in [0.4, 0.5) is 0 Å². The zero-order valence-electron chi connectivity index (χ0n) is 8.96. The normalized spacial score (nSPS) is 33.4. The van der Waals surface area contributed by atoms with Gasteiger partial charge in [0.2, 0.25) is 5.91 Å². The van der Waals surface area contributed by atoms with Crippen molar-refractivity contribution in [1.29, 1.82) is 0 Å². The van der Waals surface area contributed by atoms with Crippen LogP contribution in [0.15, 0.2) is 0 Å². The van der Waals surface area contributed by atoms with Crippen LogP contribution in [0.3, 0.4) is 0 Å². The molecule has 2 aliphatic heterocycles. The van der Waals surface area contributed by atoms with Gasteiger partial charge >= 0.3 is 0 Å². The number of likely N-dealkylation sites (tertiary alicyclic amines) is 1. The van der Waals surface area contributed by atoms with Gasteiger partial charge in [0.1, 0.15) is 0 Å². The van der Waals surface area contributed by atoms with E-state index in [1.165, 1.54) is 19.3 Å². The summed E-state index contributed by atoms with van der Waals surface area (Å²) >= 11 is 0. The summed E-state index contributed by atoms with van der Waals surface area (Å²) in [4.78, 5) is 14.0. The average Bonchev–Trinajstić information content (AvgIpc) is 2.65. The van der Waals surface area contributed by atoms with Crippen molar-refractivity contribution in [3.8, 4) is 0 Å². The molecular formula is C11H20N2O. The van der Waals surface area contributed by atoms with Crippen molar-refractivity contribution < 1.29 is 4.79 Å². The van der Waals surface area contributed by atoms with Gasteiger partial charge in [-0.15, -0.1) is 0 Å². The summed E-state index contributed by atoms with van der Waals surface area (Å²) < 4.78 is 0. The molecule has 0 spiro atoms. The highest BCUT2D eigenvalue weighted by Crippen LogP contribution is 2.18. The van der Waals surface area contributed by atoms with Crippen LogP contribution in [0.25, 0.3) is 0 Å². The van der Waals surface area contributed by atoms with E-state index in [0.29, 0.717) is 11.8 Å². The maximum atomic E-state index is 12.0. The molecule has 0 aliphatic carbocycles. The Morgan fingerprint density at radius 3 is 2.79 bits per heavy atom. The van der Waals surface area contributed by atoms with Crippen molar-refractivity contribution >= 4 is 5.91 Å². The Kier molecular flexibility index (Phi) is 3.06. The number of carbonyl (C=O) groups excluding carboxylic acids is 1. The quantitative estimate of drug-likeness (QED) is 0.678. The fourth-order valence-corrected chi connectivity index (χ4v) is 2.42. The number of carbonyl (C=O) groups is 1. The number of piperidine rings is 1. The Balaban J connectivity index is 1.87. The number of rotatable bonds is 1. The fourth-order valence-electron chi connectivity index (χ4n) is 2.42. The second-order valence-electron chi connectivity index (χ2n) is 4.68. The van der Waals surface area contributed by atoms with Gasteiger partial charge in [-0.3, -0.25) is 4.79 Å².